The number of hydrogen-bond donors (Lipinski definition) is 0. The molecule has 3 rings (SSSR count). The molecular formula is C15H20N2O5. The van der Waals surface area contributed by atoms with Crippen LogP contribution < -0.4 is 10.2 Å². The zero-order valence-corrected chi connectivity index (χ0v) is 12.8. The van der Waals surface area contributed by atoms with Crippen molar-refractivity contribution in [3.63, 3.8) is 0 Å². The Morgan fingerprint density at radius 2 is 2.18 bits per heavy atom. The van der Waals surface area contributed by atoms with Gasteiger partial charge in [-0.3, -0.25) is 9.69 Å². The van der Waals surface area contributed by atoms with Crippen LogP contribution in [0.5, 0.6) is 5.75 Å². The van der Waals surface area contributed by atoms with E-state index in [1.807, 2.05) is 0 Å². The zero-order chi connectivity index (χ0) is 15.7. The molecule has 1 amide bonds. The Morgan fingerprint density at radius 1 is 1.36 bits per heavy atom. The summed E-state index contributed by atoms with van der Waals surface area (Å²) in [6.07, 6.45) is 2.88. The van der Waals surface area contributed by atoms with Gasteiger partial charge in [0, 0.05) is 19.7 Å². The fourth-order valence-electron chi connectivity index (χ4n) is 3.22. The molecule has 0 aromatic carbocycles. The molecule has 120 valence electrons. The minimum atomic E-state index is -0.434. The van der Waals surface area contributed by atoms with Crippen molar-refractivity contribution >= 4 is 6.09 Å². The highest BCUT2D eigenvalue weighted by molar-refractivity contribution is 5.70. The highest BCUT2D eigenvalue weighted by Crippen LogP contribution is 2.31. The maximum atomic E-state index is 11.8. The van der Waals surface area contributed by atoms with E-state index < -0.39 is 5.60 Å². The Morgan fingerprint density at radius 3 is 2.82 bits per heavy atom. The molecule has 2 aliphatic rings. The third-order valence-corrected chi connectivity index (χ3v) is 4.21. The largest absolute Gasteiger partial charge is 0.490 e. The SMILES string of the molecule is COc1coc(CN2CCC[C@]3(C2)CN(C)C(=O)O3)cc1=O. The average molecular weight is 308 g/mol. The number of carbonyl (C=O) groups excluding carboxylic acids is 1. The van der Waals surface area contributed by atoms with Crippen LogP contribution in [0.15, 0.2) is 21.5 Å². The Labute approximate surface area is 128 Å². The van der Waals surface area contributed by atoms with Gasteiger partial charge < -0.3 is 18.8 Å². The topological polar surface area (TPSA) is 72.2 Å². The Bertz CT molecular complexity index is 629. The molecule has 7 nitrogen and oxygen atoms in total. The first kappa shape index (κ1) is 14.9. The third-order valence-electron chi connectivity index (χ3n) is 4.21. The van der Waals surface area contributed by atoms with Crippen molar-refractivity contribution in [2.45, 2.75) is 25.0 Å². The smallest absolute Gasteiger partial charge is 0.410 e. The third kappa shape index (κ3) is 2.81. The van der Waals surface area contributed by atoms with E-state index in [4.69, 9.17) is 13.9 Å². The zero-order valence-electron chi connectivity index (χ0n) is 12.8. The van der Waals surface area contributed by atoms with Crippen molar-refractivity contribution in [1.29, 1.82) is 0 Å². The number of piperidine rings is 1. The highest BCUT2D eigenvalue weighted by Gasteiger charge is 2.46. The van der Waals surface area contributed by atoms with Crippen LogP contribution in [0, 0.1) is 0 Å². The van der Waals surface area contributed by atoms with Gasteiger partial charge in [-0.15, -0.1) is 0 Å². The Kier molecular flexibility index (Phi) is 3.82. The molecule has 2 fully saturated rings. The quantitative estimate of drug-likeness (QED) is 0.831. The van der Waals surface area contributed by atoms with E-state index in [1.54, 1.807) is 11.9 Å². The van der Waals surface area contributed by atoms with Crippen molar-refractivity contribution in [3.05, 3.63) is 28.3 Å². The van der Waals surface area contributed by atoms with Crippen LogP contribution in [0.25, 0.3) is 0 Å². The summed E-state index contributed by atoms with van der Waals surface area (Å²) in [5, 5.41) is 0. The van der Waals surface area contributed by atoms with Crippen molar-refractivity contribution in [1.82, 2.24) is 9.80 Å². The molecule has 0 saturated carbocycles. The molecule has 0 radical (unpaired) electrons. The Balaban J connectivity index is 1.69. The van der Waals surface area contributed by atoms with Gasteiger partial charge in [-0.05, 0) is 19.4 Å². The first-order valence-electron chi connectivity index (χ1n) is 7.33. The summed E-state index contributed by atoms with van der Waals surface area (Å²) in [6, 6.07) is 1.45. The summed E-state index contributed by atoms with van der Waals surface area (Å²) in [5.41, 5.74) is -0.626. The van der Waals surface area contributed by atoms with Gasteiger partial charge in [0.25, 0.3) is 0 Å². The summed E-state index contributed by atoms with van der Waals surface area (Å²) in [5.74, 6) is 0.783. The molecule has 0 unspecified atom stereocenters. The molecule has 3 heterocycles. The van der Waals surface area contributed by atoms with E-state index in [0.717, 1.165) is 19.4 Å². The second-order valence-electron chi connectivity index (χ2n) is 6.00. The maximum absolute atomic E-state index is 11.8. The minimum absolute atomic E-state index is 0.192. The van der Waals surface area contributed by atoms with Crippen LogP contribution in [0.2, 0.25) is 0 Å². The number of likely N-dealkylation sites (tertiary alicyclic amines) is 1. The molecule has 0 bridgehead atoms. The summed E-state index contributed by atoms with van der Waals surface area (Å²) in [7, 11) is 3.18. The van der Waals surface area contributed by atoms with Gasteiger partial charge in [0.1, 0.15) is 17.6 Å². The molecule has 0 aliphatic carbocycles. The summed E-state index contributed by atoms with van der Waals surface area (Å²) >= 11 is 0. The van der Waals surface area contributed by atoms with Gasteiger partial charge in [0.2, 0.25) is 11.2 Å². The number of rotatable bonds is 3. The van der Waals surface area contributed by atoms with Gasteiger partial charge >= 0.3 is 6.09 Å². The summed E-state index contributed by atoms with van der Waals surface area (Å²) < 4.78 is 15.9. The van der Waals surface area contributed by atoms with Crippen LogP contribution >= 0.6 is 0 Å². The first-order chi connectivity index (χ1) is 10.5. The lowest BCUT2D eigenvalue weighted by molar-refractivity contribution is -0.0131. The van der Waals surface area contributed by atoms with E-state index in [0.29, 0.717) is 25.4 Å². The fourth-order valence-corrected chi connectivity index (χ4v) is 3.22. The molecule has 1 aromatic rings. The number of hydrogen-bond acceptors (Lipinski definition) is 6. The lowest BCUT2D eigenvalue weighted by atomic mass is 9.93. The molecule has 7 heteroatoms. The second-order valence-corrected chi connectivity index (χ2v) is 6.00. The van der Waals surface area contributed by atoms with Crippen molar-refractivity contribution in [2.24, 2.45) is 0 Å². The predicted molar refractivity (Wildman–Crippen MR) is 77.9 cm³/mol. The lowest BCUT2D eigenvalue weighted by Gasteiger charge is -2.38. The predicted octanol–water partition coefficient (Wildman–Crippen LogP) is 1.07. The lowest BCUT2D eigenvalue weighted by Crippen LogP contribution is -2.50. The van der Waals surface area contributed by atoms with Crippen LogP contribution in [0.1, 0.15) is 18.6 Å². The second kappa shape index (κ2) is 5.64. The number of carbonyl (C=O) groups is 1. The van der Waals surface area contributed by atoms with Crippen LogP contribution in [-0.2, 0) is 11.3 Å². The van der Waals surface area contributed by atoms with E-state index in [9.17, 15) is 9.59 Å². The minimum Gasteiger partial charge on any atom is -0.490 e. The maximum Gasteiger partial charge on any atom is 0.410 e. The first-order valence-corrected chi connectivity index (χ1v) is 7.33. The van der Waals surface area contributed by atoms with Gasteiger partial charge in [-0.25, -0.2) is 4.79 Å². The molecule has 2 aliphatic heterocycles. The number of amides is 1. The van der Waals surface area contributed by atoms with Gasteiger partial charge in [0.15, 0.2) is 0 Å². The average Bonchev–Trinajstić information content (AvgIpc) is 2.73. The number of likely N-dealkylation sites (N-methyl/N-ethyl adjacent to an activating group) is 1. The van der Waals surface area contributed by atoms with Crippen LogP contribution in [0.3, 0.4) is 0 Å². The molecular weight excluding hydrogens is 288 g/mol. The van der Waals surface area contributed by atoms with E-state index >= 15 is 0 Å². The van der Waals surface area contributed by atoms with Gasteiger partial charge in [0.05, 0.1) is 20.2 Å². The van der Waals surface area contributed by atoms with Gasteiger partial charge in [-0.2, -0.15) is 0 Å². The summed E-state index contributed by atoms with van der Waals surface area (Å²) in [6.45, 7) is 2.66. The standard InChI is InChI=1S/C15H20N2O5/c1-16-9-15(22-14(16)19)4-3-5-17(10-15)7-11-6-12(18)13(20-2)8-21-11/h6,8H,3-5,7,9-10H2,1-2H3/t15-/m1/s1. The highest BCUT2D eigenvalue weighted by atomic mass is 16.6. The number of nitrogens with zero attached hydrogens (tertiary/aromatic N) is 2. The van der Waals surface area contributed by atoms with Crippen molar-refractivity contribution in [2.75, 3.05) is 33.8 Å². The number of ether oxygens (including phenoxy) is 2. The molecule has 1 atom stereocenters. The van der Waals surface area contributed by atoms with Crippen LogP contribution in [0.4, 0.5) is 4.79 Å². The van der Waals surface area contributed by atoms with Crippen LogP contribution in [-0.4, -0.2) is 55.3 Å². The van der Waals surface area contributed by atoms with E-state index in [1.165, 1.54) is 19.4 Å². The van der Waals surface area contributed by atoms with E-state index in [-0.39, 0.29) is 17.3 Å². The normalized spacial score (nSPS) is 25.5. The van der Waals surface area contributed by atoms with E-state index in [2.05, 4.69) is 4.90 Å². The molecule has 2 saturated heterocycles. The summed E-state index contributed by atoms with van der Waals surface area (Å²) in [4.78, 5) is 27.2. The Hall–Kier alpha value is -2.02. The van der Waals surface area contributed by atoms with Crippen molar-refractivity contribution in [3.8, 4) is 5.75 Å². The molecule has 0 N–H and O–H groups in total. The molecule has 1 aromatic heterocycles. The van der Waals surface area contributed by atoms with Crippen molar-refractivity contribution < 1.29 is 18.7 Å². The number of methoxy groups -OCH3 is 1. The molecule has 1 spiro atoms. The monoisotopic (exact) mass is 308 g/mol. The van der Waals surface area contributed by atoms with Gasteiger partial charge in [-0.1, -0.05) is 0 Å². The molecule has 22 heavy (non-hydrogen) atoms. The fraction of sp³-hybridized carbons (Fsp3) is 0.600.